The van der Waals surface area contributed by atoms with E-state index in [9.17, 15) is 19.1 Å². The van der Waals surface area contributed by atoms with Gasteiger partial charge in [-0.25, -0.2) is 9.18 Å². The Bertz CT molecular complexity index is 821. The van der Waals surface area contributed by atoms with Gasteiger partial charge in [-0.15, -0.1) is 0 Å². The highest BCUT2D eigenvalue weighted by atomic mass is 19.1. The first kappa shape index (κ1) is 17.0. The average Bonchev–Trinajstić information content (AvgIpc) is 3.03. The third-order valence-electron chi connectivity index (χ3n) is 4.49. The number of carboxylic acid groups (broad SMARTS) is 1. The predicted molar refractivity (Wildman–Crippen MR) is 89.0 cm³/mol. The maximum Gasteiger partial charge on any atom is 0.330 e. The monoisotopic (exact) mass is 343 g/mol. The number of fused-ring (bicyclic) bond motifs is 1. The molecule has 0 fully saturated rings. The van der Waals surface area contributed by atoms with Crippen LogP contribution in [0.5, 0.6) is 5.75 Å². The van der Waals surface area contributed by atoms with Crippen LogP contribution in [0, 0.1) is 5.82 Å². The van der Waals surface area contributed by atoms with E-state index in [1.54, 1.807) is 0 Å². The van der Waals surface area contributed by atoms with Crippen molar-refractivity contribution in [2.24, 2.45) is 0 Å². The fraction of sp³-hybridized carbons (Fsp3) is 0.263. The molecule has 1 amide bonds. The van der Waals surface area contributed by atoms with Crippen molar-refractivity contribution in [2.45, 2.75) is 24.8 Å². The van der Waals surface area contributed by atoms with Crippen molar-refractivity contribution in [3.63, 3.8) is 0 Å². The Labute approximate surface area is 144 Å². The summed E-state index contributed by atoms with van der Waals surface area (Å²) in [5.74, 6) is -2.66. The Morgan fingerprint density at radius 3 is 2.72 bits per heavy atom. The number of halogens is 1. The highest BCUT2D eigenvalue weighted by molar-refractivity contribution is 5.89. The summed E-state index contributed by atoms with van der Waals surface area (Å²) >= 11 is 0. The zero-order chi connectivity index (χ0) is 18.0. The summed E-state index contributed by atoms with van der Waals surface area (Å²) in [7, 11) is 1.33. The molecule has 0 saturated heterocycles. The van der Waals surface area contributed by atoms with Gasteiger partial charge < -0.3 is 15.2 Å². The minimum atomic E-state index is -1.32. The minimum Gasteiger partial charge on any atom is -0.494 e. The minimum absolute atomic E-state index is 0.0175. The number of nitrogens with one attached hydrogen (secondary N) is 1. The third kappa shape index (κ3) is 3.33. The molecule has 6 heteroatoms. The van der Waals surface area contributed by atoms with Gasteiger partial charge in [0.2, 0.25) is 5.91 Å². The average molecular weight is 343 g/mol. The molecule has 1 aliphatic carbocycles. The number of rotatable bonds is 5. The van der Waals surface area contributed by atoms with Gasteiger partial charge in [0.25, 0.3) is 0 Å². The maximum atomic E-state index is 13.9. The van der Waals surface area contributed by atoms with Crippen LogP contribution in [-0.4, -0.2) is 24.1 Å². The van der Waals surface area contributed by atoms with Gasteiger partial charge >= 0.3 is 5.97 Å². The van der Waals surface area contributed by atoms with Crippen LogP contribution in [-0.2, 0) is 16.0 Å². The summed E-state index contributed by atoms with van der Waals surface area (Å²) in [4.78, 5) is 24.2. The van der Waals surface area contributed by atoms with Crippen LogP contribution in [0.4, 0.5) is 4.39 Å². The van der Waals surface area contributed by atoms with Crippen molar-refractivity contribution in [2.75, 3.05) is 7.11 Å². The molecule has 0 saturated carbocycles. The van der Waals surface area contributed by atoms with Crippen molar-refractivity contribution in [3.8, 4) is 5.75 Å². The number of carboxylic acids is 1. The van der Waals surface area contributed by atoms with Gasteiger partial charge in [-0.1, -0.05) is 30.3 Å². The van der Waals surface area contributed by atoms with Crippen molar-refractivity contribution in [3.05, 3.63) is 65.0 Å². The number of aryl methyl sites for hydroxylation is 1. The second kappa shape index (κ2) is 6.93. The van der Waals surface area contributed by atoms with Crippen LogP contribution in [0.25, 0.3) is 0 Å². The normalized spacial score (nSPS) is 16.8. The number of benzene rings is 2. The molecule has 0 aromatic heterocycles. The van der Waals surface area contributed by atoms with Crippen LogP contribution in [0.2, 0.25) is 0 Å². The fourth-order valence-electron chi connectivity index (χ4n) is 3.22. The van der Waals surface area contributed by atoms with Crippen molar-refractivity contribution >= 4 is 11.9 Å². The predicted octanol–water partition coefficient (Wildman–Crippen LogP) is 2.81. The molecule has 2 unspecified atom stereocenters. The summed E-state index contributed by atoms with van der Waals surface area (Å²) in [6.45, 7) is 0. The van der Waals surface area contributed by atoms with E-state index in [4.69, 9.17) is 4.74 Å². The van der Waals surface area contributed by atoms with E-state index >= 15 is 0 Å². The molecule has 2 aromatic carbocycles. The molecule has 2 N–H and O–H groups in total. The van der Waals surface area contributed by atoms with Gasteiger partial charge in [0, 0.05) is 0 Å². The second-order valence-corrected chi connectivity index (χ2v) is 5.96. The Hall–Kier alpha value is -2.89. The first-order valence-corrected chi connectivity index (χ1v) is 7.95. The lowest BCUT2D eigenvalue weighted by atomic mass is 9.99. The number of hydrogen-bond donors (Lipinski definition) is 2. The second-order valence-electron chi connectivity index (χ2n) is 5.96. The number of carbonyl (C=O) groups excluding carboxylic acids is 1. The lowest BCUT2D eigenvalue weighted by Gasteiger charge is -2.19. The number of aliphatic carboxylic acids is 1. The Balaban J connectivity index is 1.82. The molecule has 0 heterocycles. The highest BCUT2D eigenvalue weighted by Crippen LogP contribution is 2.33. The molecular formula is C19H18FNO4. The molecule has 2 aromatic rings. The maximum absolute atomic E-state index is 13.9. The van der Waals surface area contributed by atoms with Crippen LogP contribution in [0.15, 0.2) is 42.5 Å². The number of ether oxygens (including phenoxy) is 1. The molecule has 3 rings (SSSR count). The summed E-state index contributed by atoms with van der Waals surface area (Å²) < 4.78 is 18.7. The molecule has 130 valence electrons. The van der Waals surface area contributed by atoms with Gasteiger partial charge in [0.15, 0.2) is 17.6 Å². The summed E-state index contributed by atoms with van der Waals surface area (Å²) in [5.41, 5.74) is 2.18. The highest BCUT2D eigenvalue weighted by Gasteiger charge is 2.32. The molecular weight excluding hydrogens is 325 g/mol. The zero-order valence-electron chi connectivity index (χ0n) is 13.7. The summed E-state index contributed by atoms with van der Waals surface area (Å²) in [5, 5.41) is 12.0. The molecule has 1 aliphatic rings. The van der Waals surface area contributed by atoms with E-state index < -0.39 is 17.8 Å². The Morgan fingerprint density at radius 1 is 1.28 bits per heavy atom. The number of hydrogen-bond acceptors (Lipinski definition) is 3. The molecule has 0 bridgehead atoms. The lowest BCUT2D eigenvalue weighted by molar-refractivity contribution is -0.142. The molecule has 5 nitrogen and oxygen atoms in total. The molecule has 0 radical (unpaired) electrons. The first-order valence-electron chi connectivity index (χ1n) is 7.95. The lowest BCUT2D eigenvalue weighted by Crippen LogP contribution is -2.36. The fourth-order valence-corrected chi connectivity index (χ4v) is 3.22. The quantitative estimate of drug-likeness (QED) is 0.875. The van der Waals surface area contributed by atoms with E-state index in [0.29, 0.717) is 6.42 Å². The Morgan fingerprint density at radius 2 is 2.04 bits per heavy atom. The summed E-state index contributed by atoms with van der Waals surface area (Å²) in [6.07, 6.45) is 1.41. The number of methoxy groups -OCH3 is 1. The van der Waals surface area contributed by atoms with Gasteiger partial charge in [-0.2, -0.15) is 0 Å². The standard InChI is InChI=1S/C19H18FNO4/c1-25-16-9-7-12(10-15(16)20)17(19(23)24)21-18(22)14-8-6-11-4-2-3-5-13(11)14/h2-5,7,9-10,14,17H,6,8H2,1H3,(H,21,22)(H,23,24). The van der Waals surface area contributed by atoms with E-state index in [-0.39, 0.29) is 23.1 Å². The topological polar surface area (TPSA) is 75.6 Å². The van der Waals surface area contributed by atoms with Gasteiger partial charge in [-0.3, -0.25) is 4.79 Å². The van der Waals surface area contributed by atoms with Gasteiger partial charge in [0.1, 0.15) is 0 Å². The van der Waals surface area contributed by atoms with Crippen molar-refractivity contribution < 1.29 is 23.8 Å². The summed E-state index contributed by atoms with van der Waals surface area (Å²) in [6, 6.07) is 10.2. The van der Waals surface area contributed by atoms with Gasteiger partial charge in [-0.05, 0) is 41.7 Å². The Kier molecular flexibility index (Phi) is 4.70. The van der Waals surface area contributed by atoms with Crippen LogP contribution < -0.4 is 10.1 Å². The van der Waals surface area contributed by atoms with Crippen molar-refractivity contribution in [1.29, 1.82) is 0 Å². The van der Waals surface area contributed by atoms with Crippen LogP contribution in [0.1, 0.15) is 35.1 Å². The van der Waals surface area contributed by atoms with E-state index in [2.05, 4.69) is 5.32 Å². The molecule has 2 atom stereocenters. The van der Waals surface area contributed by atoms with Crippen LogP contribution in [0.3, 0.4) is 0 Å². The molecule has 0 aliphatic heterocycles. The van der Waals surface area contributed by atoms with E-state index in [0.717, 1.165) is 23.6 Å². The number of carbonyl (C=O) groups is 2. The van der Waals surface area contributed by atoms with Crippen LogP contribution >= 0.6 is 0 Å². The molecule has 25 heavy (non-hydrogen) atoms. The number of amides is 1. The van der Waals surface area contributed by atoms with E-state index in [1.807, 2.05) is 24.3 Å². The van der Waals surface area contributed by atoms with Gasteiger partial charge in [0.05, 0.1) is 13.0 Å². The largest absolute Gasteiger partial charge is 0.494 e. The van der Waals surface area contributed by atoms with E-state index in [1.165, 1.54) is 19.2 Å². The SMILES string of the molecule is COc1ccc(C(NC(=O)C2CCc3ccccc32)C(=O)O)cc1F. The third-order valence-corrected chi connectivity index (χ3v) is 4.49. The van der Waals surface area contributed by atoms with Crippen molar-refractivity contribution in [1.82, 2.24) is 5.32 Å². The smallest absolute Gasteiger partial charge is 0.330 e. The zero-order valence-corrected chi connectivity index (χ0v) is 13.7. The first-order chi connectivity index (χ1) is 12.0. The molecule has 0 spiro atoms.